The van der Waals surface area contributed by atoms with Crippen LogP contribution in [-0.2, 0) is 0 Å². The summed E-state index contributed by atoms with van der Waals surface area (Å²) in [5, 5.41) is 4.10. The highest BCUT2D eigenvalue weighted by Gasteiger charge is 2.21. The second-order valence-electron chi connectivity index (χ2n) is 4.58. The summed E-state index contributed by atoms with van der Waals surface area (Å²) in [6, 6.07) is 14.0. The molecular formula is C15H15ClN2O. The van der Waals surface area contributed by atoms with Crippen LogP contribution in [0.1, 0.15) is 0 Å². The van der Waals surface area contributed by atoms with Gasteiger partial charge in [-0.2, -0.15) is 0 Å². The normalized spacial score (nSPS) is 17.3. The number of hydrogen-bond donors (Lipinski definition) is 2. The molecule has 2 aromatic carbocycles. The molecule has 1 atom stereocenters. The van der Waals surface area contributed by atoms with E-state index in [-0.39, 0.29) is 6.04 Å². The molecule has 19 heavy (non-hydrogen) atoms. The van der Waals surface area contributed by atoms with Gasteiger partial charge in [-0.3, -0.25) is 0 Å². The molecule has 3 nitrogen and oxygen atoms in total. The van der Waals surface area contributed by atoms with Crippen molar-refractivity contribution in [1.29, 1.82) is 0 Å². The highest BCUT2D eigenvalue weighted by Crippen LogP contribution is 2.40. The molecule has 0 unspecified atom stereocenters. The summed E-state index contributed by atoms with van der Waals surface area (Å²) in [6.45, 7) is 1.11. The Kier molecular flexibility index (Phi) is 3.32. The first-order valence-corrected chi connectivity index (χ1v) is 6.64. The smallest absolute Gasteiger partial charge is 0.144 e. The minimum absolute atomic E-state index is 0.135. The van der Waals surface area contributed by atoms with Crippen LogP contribution in [-0.4, -0.2) is 19.2 Å². The minimum atomic E-state index is 0.135. The van der Waals surface area contributed by atoms with Gasteiger partial charge in [-0.05, 0) is 11.6 Å². The molecule has 0 saturated carbocycles. The summed E-state index contributed by atoms with van der Waals surface area (Å²) >= 11 is 6.17. The molecule has 0 radical (unpaired) electrons. The zero-order chi connectivity index (χ0) is 13.2. The molecule has 0 bridgehead atoms. The van der Waals surface area contributed by atoms with Gasteiger partial charge in [0.05, 0.1) is 11.7 Å². The van der Waals surface area contributed by atoms with Crippen LogP contribution in [0.2, 0.25) is 5.02 Å². The molecule has 1 aliphatic rings. The number of fused-ring (bicyclic) bond motifs is 1. The Balaban J connectivity index is 2.12. The highest BCUT2D eigenvalue weighted by molar-refractivity contribution is 6.31. The van der Waals surface area contributed by atoms with E-state index < -0.39 is 0 Å². The van der Waals surface area contributed by atoms with Crippen molar-refractivity contribution in [2.45, 2.75) is 6.04 Å². The van der Waals surface area contributed by atoms with E-state index >= 15 is 0 Å². The van der Waals surface area contributed by atoms with Crippen LogP contribution in [0.25, 0.3) is 11.1 Å². The summed E-state index contributed by atoms with van der Waals surface area (Å²) in [6.07, 6.45) is 0. The Labute approximate surface area is 117 Å². The number of rotatable bonds is 2. The third-order valence-corrected chi connectivity index (χ3v) is 3.44. The first kappa shape index (κ1) is 12.3. The second kappa shape index (κ2) is 5.11. The average Bonchev–Trinajstić information content (AvgIpc) is 2.47. The number of ether oxygens (including phenoxy) is 1. The fraction of sp³-hybridized carbons (Fsp3) is 0.200. The number of anilines is 1. The minimum Gasteiger partial charge on any atom is -0.489 e. The van der Waals surface area contributed by atoms with Crippen molar-refractivity contribution in [2.24, 2.45) is 5.73 Å². The maximum absolute atomic E-state index is 6.17. The van der Waals surface area contributed by atoms with Gasteiger partial charge in [-0.25, -0.2) is 0 Å². The highest BCUT2D eigenvalue weighted by atomic mass is 35.5. The Morgan fingerprint density at radius 2 is 2.05 bits per heavy atom. The van der Waals surface area contributed by atoms with Gasteiger partial charge < -0.3 is 15.8 Å². The molecule has 4 heteroatoms. The summed E-state index contributed by atoms with van der Waals surface area (Å²) in [5.74, 6) is 0.788. The van der Waals surface area contributed by atoms with Crippen LogP contribution in [0.15, 0.2) is 42.5 Å². The second-order valence-corrected chi connectivity index (χ2v) is 5.02. The Bertz CT molecular complexity index is 586. The molecule has 0 amide bonds. The predicted molar refractivity (Wildman–Crippen MR) is 78.8 cm³/mol. The lowest BCUT2D eigenvalue weighted by Crippen LogP contribution is -2.37. The quantitative estimate of drug-likeness (QED) is 0.884. The van der Waals surface area contributed by atoms with Crippen molar-refractivity contribution < 1.29 is 4.74 Å². The maximum Gasteiger partial charge on any atom is 0.144 e. The maximum atomic E-state index is 6.17. The number of halogens is 1. The Morgan fingerprint density at radius 3 is 2.79 bits per heavy atom. The Morgan fingerprint density at radius 1 is 1.26 bits per heavy atom. The van der Waals surface area contributed by atoms with E-state index in [1.54, 1.807) is 0 Å². The van der Waals surface area contributed by atoms with Gasteiger partial charge in [0, 0.05) is 23.2 Å². The SMILES string of the molecule is NC[C@@H]1COc2cc(Cl)cc(-c3ccccc3)c2N1. The lowest BCUT2D eigenvalue weighted by molar-refractivity contribution is 0.287. The molecular weight excluding hydrogens is 260 g/mol. The van der Waals surface area contributed by atoms with Crippen LogP contribution >= 0.6 is 11.6 Å². The zero-order valence-electron chi connectivity index (χ0n) is 10.4. The van der Waals surface area contributed by atoms with Crippen molar-refractivity contribution in [3.8, 4) is 16.9 Å². The van der Waals surface area contributed by atoms with E-state index in [9.17, 15) is 0 Å². The predicted octanol–water partition coefficient (Wildman–Crippen LogP) is 3.14. The number of hydrogen-bond acceptors (Lipinski definition) is 3. The zero-order valence-corrected chi connectivity index (χ0v) is 11.2. The van der Waals surface area contributed by atoms with Crippen LogP contribution < -0.4 is 15.8 Å². The third-order valence-electron chi connectivity index (χ3n) is 3.22. The number of nitrogens with one attached hydrogen (secondary N) is 1. The van der Waals surface area contributed by atoms with E-state index in [1.165, 1.54) is 0 Å². The first-order valence-electron chi connectivity index (χ1n) is 6.26. The van der Waals surface area contributed by atoms with Crippen LogP contribution in [0.4, 0.5) is 5.69 Å². The summed E-state index contributed by atoms with van der Waals surface area (Å²) in [4.78, 5) is 0. The monoisotopic (exact) mass is 274 g/mol. The fourth-order valence-corrected chi connectivity index (χ4v) is 2.46. The molecule has 98 valence electrons. The molecule has 1 heterocycles. The topological polar surface area (TPSA) is 47.3 Å². The first-order chi connectivity index (χ1) is 9.28. The molecule has 0 aliphatic carbocycles. The van der Waals surface area contributed by atoms with E-state index in [1.807, 2.05) is 30.3 Å². The fourth-order valence-electron chi connectivity index (χ4n) is 2.25. The molecule has 3 N–H and O–H groups in total. The van der Waals surface area contributed by atoms with Crippen molar-refractivity contribution in [3.05, 3.63) is 47.5 Å². The lowest BCUT2D eigenvalue weighted by atomic mass is 10.0. The summed E-state index contributed by atoms with van der Waals surface area (Å²) in [5.41, 5.74) is 8.83. The third kappa shape index (κ3) is 2.39. The number of benzene rings is 2. The van der Waals surface area contributed by atoms with Crippen molar-refractivity contribution in [1.82, 2.24) is 0 Å². The van der Waals surface area contributed by atoms with Gasteiger partial charge in [0.15, 0.2) is 0 Å². The van der Waals surface area contributed by atoms with E-state index in [2.05, 4.69) is 17.4 Å². The number of nitrogens with two attached hydrogens (primary N) is 1. The van der Waals surface area contributed by atoms with Crippen LogP contribution in [0, 0.1) is 0 Å². The van der Waals surface area contributed by atoms with Gasteiger partial charge >= 0.3 is 0 Å². The van der Waals surface area contributed by atoms with Gasteiger partial charge in [0.25, 0.3) is 0 Å². The van der Waals surface area contributed by atoms with E-state index in [4.69, 9.17) is 22.1 Å². The van der Waals surface area contributed by atoms with E-state index in [0.717, 1.165) is 22.6 Å². The molecule has 0 fully saturated rings. The Hall–Kier alpha value is -1.71. The van der Waals surface area contributed by atoms with Crippen molar-refractivity contribution in [3.63, 3.8) is 0 Å². The van der Waals surface area contributed by atoms with Crippen molar-refractivity contribution in [2.75, 3.05) is 18.5 Å². The van der Waals surface area contributed by atoms with E-state index in [0.29, 0.717) is 18.2 Å². The molecule has 1 aliphatic heterocycles. The van der Waals surface area contributed by atoms with Gasteiger partial charge in [-0.1, -0.05) is 41.9 Å². The lowest BCUT2D eigenvalue weighted by Gasteiger charge is -2.28. The molecule has 0 spiro atoms. The van der Waals surface area contributed by atoms with Crippen molar-refractivity contribution >= 4 is 17.3 Å². The molecule has 2 aromatic rings. The van der Waals surface area contributed by atoms with Gasteiger partial charge in [-0.15, -0.1) is 0 Å². The summed E-state index contributed by atoms with van der Waals surface area (Å²) in [7, 11) is 0. The molecule has 3 rings (SSSR count). The van der Waals surface area contributed by atoms with Gasteiger partial charge in [0.1, 0.15) is 12.4 Å². The van der Waals surface area contributed by atoms with Gasteiger partial charge in [0.2, 0.25) is 0 Å². The summed E-state index contributed by atoms with van der Waals surface area (Å²) < 4.78 is 5.74. The average molecular weight is 275 g/mol. The van der Waals surface area contributed by atoms with Crippen LogP contribution in [0.3, 0.4) is 0 Å². The molecule has 0 aromatic heterocycles. The largest absolute Gasteiger partial charge is 0.489 e. The molecule has 0 saturated heterocycles. The standard InChI is InChI=1S/C15H15ClN2O/c16-11-6-13(10-4-2-1-3-5-10)15-14(7-11)19-9-12(8-17)18-15/h1-7,12,18H,8-9,17H2/t12-/m1/s1. The van der Waals surface area contributed by atoms with Crippen LogP contribution in [0.5, 0.6) is 5.75 Å².